The lowest BCUT2D eigenvalue weighted by Crippen LogP contribution is -2.55. The van der Waals surface area contributed by atoms with Gasteiger partial charge in [-0.1, -0.05) is 13.0 Å². The zero-order valence-electron chi connectivity index (χ0n) is 10.6. The van der Waals surface area contributed by atoms with Gasteiger partial charge >= 0.3 is 0 Å². The van der Waals surface area contributed by atoms with Crippen LogP contribution in [0.2, 0.25) is 0 Å². The first-order valence-corrected chi connectivity index (χ1v) is 6.29. The summed E-state index contributed by atoms with van der Waals surface area (Å²) in [4.78, 5) is 2.33. The molecule has 0 amide bonds. The molecule has 1 saturated heterocycles. The van der Waals surface area contributed by atoms with Crippen molar-refractivity contribution in [2.24, 2.45) is 5.41 Å². The molecule has 0 atom stereocenters. The van der Waals surface area contributed by atoms with Crippen LogP contribution >= 0.6 is 0 Å². The molecule has 0 aliphatic carbocycles. The van der Waals surface area contributed by atoms with Crippen molar-refractivity contribution in [2.75, 3.05) is 26.7 Å². The van der Waals surface area contributed by atoms with Crippen molar-refractivity contribution in [1.82, 2.24) is 10.2 Å². The van der Waals surface area contributed by atoms with E-state index in [-0.39, 0.29) is 0 Å². The molecule has 2 aliphatic rings. The molecule has 2 aliphatic heterocycles. The van der Waals surface area contributed by atoms with E-state index in [1.54, 1.807) is 0 Å². The molecule has 0 saturated carbocycles. The van der Waals surface area contributed by atoms with Crippen molar-refractivity contribution in [2.45, 2.75) is 20.0 Å². The van der Waals surface area contributed by atoms with E-state index in [0.29, 0.717) is 5.41 Å². The summed E-state index contributed by atoms with van der Waals surface area (Å²) < 4.78 is 5.93. The summed E-state index contributed by atoms with van der Waals surface area (Å²) in [5.41, 5.74) is 3.14. The van der Waals surface area contributed by atoms with Crippen LogP contribution in [-0.4, -0.2) is 31.6 Å². The summed E-state index contributed by atoms with van der Waals surface area (Å²) in [5, 5.41) is 3.35. The molecule has 0 unspecified atom stereocenters. The van der Waals surface area contributed by atoms with Crippen molar-refractivity contribution in [3.8, 4) is 5.75 Å². The monoisotopic (exact) mass is 232 g/mol. The Balaban J connectivity index is 1.62. The SMILES string of the molecule is CN1CC(C)(COc2ccc3c(c2)CNC3)C1. The van der Waals surface area contributed by atoms with Crippen LogP contribution in [0.1, 0.15) is 18.1 Å². The van der Waals surface area contributed by atoms with Crippen LogP contribution in [0.4, 0.5) is 0 Å². The molecule has 1 N–H and O–H groups in total. The van der Waals surface area contributed by atoms with E-state index in [4.69, 9.17) is 4.74 Å². The summed E-state index contributed by atoms with van der Waals surface area (Å²) >= 11 is 0. The van der Waals surface area contributed by atoms with E-state index in [9.17, 15) is 0 Å². The molecule has 3 rings (SSSR count). The maximum absolute atomic E-state index is 5.93. The summed E-state index contributed by atoms with van der Waals surface area (Å²) in [6, 6.07) is 6.46. The highest BCUT2D eigenvalue weighted by Crippen LogP contribution is 2.30. The van der Waals surface area contributed by atoms with Gasteiger partial charge in [0.25, 0.3) is 0 Å². The fraction of sp³-hybridized carbons (Fsp3) is 0.571. The molecule has 0 spiro atoms. The largest absolute Gasteiger partial charge is 0.493 e. The summed E-state index contributed by atoms with van der Waals surface area (Å²) in [7, 11) is 2.16. The number of nitrogens with zero attached hydrogens (tertiary/aromatic N) is 1. The van der Waals surface area contributed by atoms with E-state index in [0.717, 1.165) is 38.5 Å². The Morgan fingerprint density at radius 1 is 1.29 bits per heavy atom. The molecule has 0 bridgehead atoms. The zero-order chi connectivity index (χ0) is 11.9. The van der Waals surface area contributed by atoms with Crippen LogP contribution < -0.4 is 10.1 Å². The molecule has 0 radical (unpaired) electrons. The molecule has 0 aromatic heterocycles. The van der Waals surface area contributed by atoms with Crippen molar-refractivity contribution in [3.63, 3.8) is 0 Å². The van der Waals surface area contributed by atoms with Gasteiger partial charge in [-0.2, -0.15) is 0 Å². The quantitative estimate of drug-likeness (QED) is 0.857. The number of likely N-dealkylation sites (tertiary alicyclic amines) is 1. The van der Waals surface area contributed by atoms with E-state index < -0.39 is 0 Å². The van der Waals surface area contributed by atoms with Crippen LogP contribution in [0, 0.1) is 5.41 Å². The third-order valence-corrected chi connectivity index (χ3v) is 3.70. The lowest BCUT2D eigenvalue weighted by atomic mass is 9.83. The fourth-order valence-electron chi connectivity index (χ4n) is 2.97. The Kier molecular flexibility index (Phi) is 2.60. The van der Waals surface area contributed by atoms with E-state index >= 15 is 0 Å². The minimum atomic E-state index is 0.339. The van der Waals surface area contributed by atoms with Gasteiger partial charge in [-0.25, -0.2) is 0 Å². The molecule has 3 heteroatoms. The van der Waals surface area contributed by atoms with Crippen LogP contribution in [0.3, 0.4) is 0 Å². The molecule has 2 heterocycles. The molecule has 17 heavy (non-hydrogen) atoms. The molecule has 1 aromatic carbocycles. The number of rotatable bonds is 3. The first-order chi connectivity index (χ1) is 8.15. The molecule has 92 valence electrons. The highest BCUT2D eigenvalue weighted by Gasteiger charge is 2.37. The van der Waals surface area contributed by atoms with Gasteiger partial charge in [0.15, 0.2) is 0 Å². The van der Waals surface area contributed by atoms with Gasteiger partial charge in [0.05, 0.1) is 6.61 Å². The van der Waals surface area contributed by atoms with Crippen LogP contribution in [-0.2, 0) is 13.1 Å². The summed E-state index contributed by atoms with van der Waals surface area (Å²) in [6.07, 6.45) is 0. The maximum Gasteiger partial charge on any atom is 0.119 e. The molecule has 1 aromatic rings. The molecular formula is C14H20N2O. The van der Waals surface area contributed by atoms with Crippen LogP contribution in [0.25, 0.3) is 0 Å². The topological polar surface area (TPSA) is 24.5 Å². The number of benzene rings is 1. The summed E-state index contributed by atoms with van der Waals surface area (Å²) in [6.45, 7) is 7.37. The number of ether oxygens (including phenoxy) is 1. The van der Waals surface area contributed by atoms with Gasteiger partial charge in [-0.3, -0.25) is 0 Å². The highest BCUT2D eigenvalue weighted by molar-refractivity contribution is 5.37. The number of fused-ring (bicyclic) bond motifs is 1. The Morgan fingerprint density at radius 3 is 2.82 bits per heavy atom. The molecule has 3 nitrogen and oxygen atoms in total. The van der Waals surface area contributed by atoms with E-state index in [2.05, 4.69) is 42.4 Å². The van der Waals surface area contributed by atoms with E-state index in [1.807, 2.05) is 0 Å². The Morgan fingerprint density at radius 2 is 2.06 bits per heavy atom. The zero-order valence-corrected chi connectivity index (χ0v) is 10.6. The third-order valence-electron chi connectivity index (χ3n) is 3.70. The maximum atomic E-state index is 5.93. The first kappa shape index (κ1) is 11.1. The number of hydrogen-bond acceptors (Lipinski definition) is 3. The fourth-order valence-corrected chi connectivity index (χ4v) is 2.97. The lowest BCUT2D eigenvalue weighted by molar-refractivity contribution is -0.00138. The van der Waals surface area contributed by atoms with Gasteiger partial charge in [0, 0.05) is 31.6 Å². The average molecular weight is 232 g/mol. The van der Waals surface area contributed by atoms with Gasteiger partial charge in [-0.15, -0.1) is 0 Å². The smallest absolute Gasteiger partial charge is 0.119 e. The third kappa shape index (κ3) is 2.17. The predicted molar refractivity (Wildman–Crippen MR) is 68.1 cm³/mol. The van der Waals surface area contributed by atoms with Gasteiger partial charge in [0.2, 0.25) is 0 Å². The van der Waals surface area contributed by atoms with Crippen LogP contribution in [0.15, 0.2) is 18.2 Å². The van der Waals surface area contributed by atoms with Crippen molar-refractivity contribution >= 4 is 0 Å². The summed E-state index contributed by atoms with van der Waals surface area (Å²) in [5.74, 6) is 1.02. The van der Waals surface area contributed by atoms with Crippen molar-refractivity contribution in [3.05, 3.63) is 29.3 Å². The lowest BCUT2D eigenvalue weighted by Gasteiger charge is -2.45. The molecule has 1 fully saturated rings. The number of hydrogen-bond donors (Lipinski definition) is 1. The predicted octanol–water partition coefficient (Wildman–Crippen LogP) is 1.62. The highest BCUT2D eigenvalue weighted by atomic mass is 16.5. The normalized spacial score (nSPS) is 22.0. The molecular weight excluding hydrogens is 212 g/mol. The standard InChI is InChI=1S/C14H20N2O/c1-14(8-16(2)9-14)10-17-13-4-3-11-6-15-7-12(11)5-13/h3-5,15H,6-10H2,1-2H3. The Labute approximate surface area is 103 Å². The second-order valence-corrected chi connectivity index (χ2v) is 5.81. The van der Waals surface area contributed by atoms with Crippen molar-refractivity contribution < 1.29 is 4.74 Å². The van der Waals surface area contributed by atoms with Gasteiger partial charge in [0.1, 0.15) is 5.75 Å². The minimum absolute atomic E-state index is 0.339. The second kappa shape index (κ2) is 4.00. The van der Waals surface area contributed by atoms with Gasteiger partial charge < -0.3 is 15.0 Å². The Bertz CT molecular complexity index is 424. The average Bonchev–Trinajstić information content (AvgIpc) is 2.71. The van der Waals surface area contributed by atoms with Gasteiger partial charge in [-0.05, 0) is 30.3 Å². The Hall–Kier alpha value is -1.06. The number of nitrogens with one attached hydrogen (secondary N) is 1. The second-order valence-electron chi connectivity index (χ2n) is 5.81. The first-order valence-electron chi connectivity index (χ1n) is 6.29. The van der Waals surface area contributed by atoms with Crippen molar-refractivity contribution in [1.29, 1.82) is 0 Å². The van der Waals surface area contributed by atoms with Crippen LogP contribution in [0.5, 0.6) is 5.75 Å². The van der Waals surface area contributed by atoms with E-state index in [1.165, 1.54) is 11.1 Å². The minimum Gasteiger partial charge on any atom is -0.493 e.